The Bertz CT molecular complexity index is 1910. The zero-order valence-corrected chi connectivity index (χ0v) is 28.9. The van der Waals surface area contributed by atoms with Crippen molar-refractivity contribution in [3.05, 3.63) is 48.9 Å². The first kappa shape index (κ1) is 37.8. The number of nitrogens with zero attached hydrogens (tertiary/aromatic N) is 4. The van der Waals surface area contributed by atoms with E-state index >= 15 is 0 Å². The molecule has 17 nitrogen and oxygen atoms in total. The molecule has 2 aliphatic heterocycles. The van der Waals surface area contributed by atoms with Crippen molar-refractivity contribution in [3.63, 3.8) is 0 Å². The highest BCUT2D eigenvalue weighted by molar-refractivity contribution is 7.86. The van der Waals surface area contributed by atoms with E-state index < -0.39 is 50.6 Å². The van der Waals surface area contributed by atoms with Gasteiger partial charge in [0.15, 0.2) is 18.2 Å². The number of oxazole rings is 1. The van der Waals surface area contributed by atoms with Gasteiger partial charge in [0.25, 0.3) is 33.7 Å². The fourth-order valence-corrected chi connectivity index (χ4v) is 6.01. The molecule has 0 spiro atoms. The lowest BCUT2D eigenvalue weighted by atomic mass is 10.2. The summed E-state index contributed by atoms with van der Waals surface area (Å²) in [6.07, 6.45) is 8.64. The summed E-state index contributed by atoms with van der Waals surface area (Å²) >= 11 is 0. The van der Waals surface area contributed by atoms with Gasteiger partial charge >= 0.3 is 11.9 Å². The molecular formula is C34H37N4O13S+. The molecule has 0 unspecified atom stereocenters. The maximum atomic E-state index is 12.2. The van der Waals surface area contributed by atoms with Crippen LogP contribution in [-0.4, -0.2) is 70.3 Å². The summed E-state index contributed by atoms with van der Waals surface area (Å²) in [4.78, 5) is 83.6. The van der Waals surface area contributed by atoms with E-state index in [4.69, 9.17) is 18.8 Å². The number of carbonyl (C=O) groups is 6. The minimum atomic E-state index is -4.68. The summed E-state index contributed by atoms with van der Waals surface area (Å²) in [6.45, 7) is 0.752. The number of hydrogen-bond acceptors (Lipinski definition) is 13. The number of hydroxylamine groups is 4. The van der Waals surface area contributed by atoms with E-state index in [1.54, 1.807) is 18.2 Å². The summed E-state index contributed by atoms with van der Waals surface area (Å²) < 4.78 is 47.7. The predicted molar refractivity (Wildman–Crippen MR) is 174 cm³/mol. The molecule has 2 aromatic heterocycles. The second kappa shape index (κ2) is 17.1. The molecule has 276 valence electrons. The number of pyridine rings is 1. The van der Waals surface area contributed by atoms with Crippen molar-refractivity contribution in [2.45, 2.75) is 88.5 Å². The van der Waals surface area contributed by atoms with Crippen molar-refractivity contribution in [2.24, 2.45) is 0 Å². The van der Waals surface area contributed by atoms with Crippen LogP contribution >= 0.6 is 0 Å². The van der Waals surface area contributed by atoms with Crippen LogP contribution in [-0.2, 0) is 55.1 Å². The Morgan fingerprint density at radius 1 is 0.769 bits per heavy atom. The normalized spacial score (nSPS) is 14.7. The van der Waals surface area contributed by atoms with Gasteiger partial charge in [0, 0.05) is 68.2 Å². The third-order valence-corrected chi connectivity index (χ3v) is 9.00. The van der Waals surface area contributed by atoms with Gasteiger partial charge in [-0.1, -0.05) is 0 Å². The van der Waals surface area contributed by atoms with E-state index in [2.05, 4.69) is 4.98 Å². The molecule has 2 fully saturated rings. The minimum Gasteiger partial charge on any atom is -0.492 e. The lowest BCUT2D eigenvalue weighted by Crippen LogP contribution is -2.32. The van der Waals surface area contributed by atoms with E-state index in [1.165, 1.54) is 18.3 Å². The van der Waals surface area contributed by atoms with E-state index in [0.29, 0.717) is 53.5 Å². The fraction of sp³-hybridized carbons (Fsp3) is 0.412. The molecule has 2 aliphatic rings. The topological polar surface area (TPSA) is 221 Å². The first-order chi connectivity index (χ1) is 24.9. The van der Waals surface area contributed by atoms with E-state index in [9.17, 15) is 41.7 Å². The smallest absolute Gasteiger partial charge is 0.333 e. The molecule has 3 aromatic rings. The average molecular weight is 742 g/mol. The summed E-state index contributed by atoms with van der Waals surface area (Å²) in [5.74, 6) is -2.98. The Hall–Kier alpha value is -5.49. The van der Waals surface area contributed by atoms with E-state index in [1.807, 2.05) is 17.0 Å². The third-order valence-electron chi connectivity index (χ3n) is 8.13. The number of rotatable bonds is 18. The van der Waals surface area contributed by atoms with Crippen LogP contribution in [0.15, 0.2) is 58.2 Å². The van der Waals surface area contributed by atoms with Crippen molar-refractivity contribution in [2.75, 3.05) is 6.61 Å². The number of unbranched alkanes of at least 4 members (excludes halogenated alkanes) is 4. The molecule has 1 N–H and O–H groups in total. The van der Waals surface area contributed by atoms with Crippen LogP contribution in [0.25, 0.3) is 22.8 Å². The molecule has 0 radical (unpaired) electrons. The minimum absolute atomic E-state index is 0.0101. The lowest BCUT2D eigenvalue weighted by molar-refractivity contribution is -0.697. The molecule has 1 aromatic carbocycles. The van der Waals surface area contributed by atoms with Crippen molar-refractivity contribution >= 4 is 45.7 Å². The quantitative estimate of drug-likeness (QED) is 0.0856. The van der Waals surface area contributed by atoms with Crippen LogP contribution in [0.5, 0.6) is 5.75 Å². The molecule has 0 atom stereocenters. The van der Waals surface area contributed by atoms with Crippen LogP contribution in [0.1, 0.15) is 77.0 Å². The number of ether oxygens (including phenoxy) is 1. The number of benzene rings is 1. The van der Waals surface area contributed by atoms with Crippen LogP contribution in [0.4, 0.5) is 0 Å². The summed E-state index contributed by atoms with van der Waals surface area (Å²) in [6, 6.07) is 7.78. The Labute approximate surface area is 298 Å². The zero-order chi connectivity index (χ0) is 37.3. The van der Waals surface area contributed by atoms with Gasteiger partial charge in [-0.3, -0.25) is 23.7 Å². The standard InChI is InChI=1S/C34H36N4O13S/c39-28-11-12-29(40)37(28)50-32(43)7-3-1-5-17-36-18-15-23(16-19-36)34-35-22-26(49-34)24-9-10-25(27(21-24)52(45,46)47)48-20-6-2-4-8-33(44)51-38-30(41)13-14-31(38)42/h9-10,15-16,18-19,21-22H,1-8,11-14,17,20H2/p+1. The van der Waals surface area contributed by atoms with Gasteiger partial charge in [0.1, 0.15) is 17.2 Å². The Morgan fingerprint density at radius 3 is 1.88 bits per heavy atom. The van der Waals surface area contributed by atoms with Crippen molar-refractivity contribution in [1.82, 2.24) is 15.1 Å². The van der Waals surface area contributed by atoms with Gasteiger partial charge in [-0.15, -0.1) is 10.1 Å². The van der Waals surface area contributed by atoms with Gasteiger partial charge in [0.05, 0.1) is 12.8 Å². The highest BCUT2D eigenvalue weighted by Gasteiger charge is 2.33. The molecule has 0 bridgehead atoms. The first-order valence-corrected chi connectivity index (χ1v) is 18.2. The van der Waals surface area contributed by atoms with Gasteiger partial charge in [-0.2, -0.15) is 8.42 Å². The Balaban J connectivity index is 1.06. The zero-order valence-electron chi connectivity index (χ0n) is 28.1. The second-order valence-electron chi connectivity index (χ2n) is 12.1. The van der Waals surface area contributed by atoms with Gasteiger partial charge in [0.2, 0.25) is 5.89 Å². The number of carbonyl (C=O) groups excluding carboxylic acids is 6. The Morgan fingerprint density at radius 2 is 1.33 bits per heavy atom. The average Bonchev–Trinajstić information content (AvgIpc) is 3.82. The number of aryl methyl sites for hydroxylation is 1. The second-order valence-corrected chi connectivity index (χ2v) is 13.4. The molecule has 0 saturated carbocycles. The van der Waals surface area contributed by atoms with E-state index in [0.717, 1.165) is 12.8 Å². The van der Waals surface area contributed by atoms with Gasteiger partial charge in [-0.05, 0) is 50.3 Å². The molecule has 2 saturated heterocycles. The SMILES string of the molecule is O=C(CCCCCOc1ccc(-c2cnc(-c3cc[n+](CCCCCC(=O)ON4C(=O)CCC4=O)cc3)o2)cc1S(=O)(=O)O)ON1C(=O)CCC1=O. The molecule has 52 heavy (non-hydrogen) atoms. The van der Waals surface area contributed by atoms with Crippen LogP contribution in [0.3, 0.4) is 0 Å². The monoisotopic (exact) mass is 741 g/mol. The van der Waals surface area contributed by atoms with Crippen molar-refractivity contribution in [3.8, 4) is 28.5 Å². The highest BCUT2D eigenvalue weighted by Crippen LogP contribution is 2.32. The maximum Gasteiger partial charge on any atom is 0.333 e. The number of hydrogen-bond donors (Lipinski definition) is 1. The molecule has 18 heteroatoms. The molecule has 5 rings (SSSR count). The van der Waals surface area contributed by atoms with Crippen LogP contribution < -0.4 is 9.30 Å². The van der Waals surface area contributed by atoms with Gasteiger partial charge in [-0.25, -0.2) is 19.1 Å². The van der Waals surface area contributed by atoms with Crippen LogP contribution in [0.2, 0.25) is 0 Å². The molecule has 4 amide bonds. The summed E-state index contributed by atoms with van der Waals surface area (Å²) in [5, 5.41) is 1.04. The number of amides is 4. The molecule has 0 aliphatic carbocycles. The maximum absolute atomic E-state index is 12.2. The van der Waals surface area contributed by atoms with Crippen molar-refractivity contribution in [1.29, 1.82) is 0 Å². The fourth-order valence-electron chi connectivity index (χ4n) is 5.35. The largest absolute Gasteiger partial charge is 0.492 e. The lowest BCUT2D eigenvalue weighted by Gasteiger charge is -2.12. The number of imide groups is 2. The van der Waals surface area contributed by atoms with Gasteiger partial charge < -0.3 is 18.8 Å². The van der Waals surface area contributed by atoms with Crippen LogP contribution in [0, 0.1) is 0 Å². The highest BCUT2D eigenvalue weighted by atomic mass is 32.2. The number of aromatic nitrogens is 2. The summed E-state index contributed by atoms with van der Waals surface area (Å²) in [7, 11) is -4.68. The van der Waals surface area contributed by atoms with E-state index in [-0.39, 0.29) is 62.5 Å². The first-order valence-electron chi connectivity index (χ1n) is 16.7. The summed E-state index contributed by atoms with van der Waals surface area (Å²) in [5.41, 5.74) is 0.998. The predicted octanol–water partition coefficient (Wildman–Crippen LogP) is 3.26. The third kappa shape index (κ3) is 10.1. The Kier molecular flexibility index (Phi) is 12.5. The molecule has 4 heterocycles. The van der Waals surface area contributed by atoms with Crippen molar-refractivity contribution < 1.29 is 65.1 Å². The molecular weight excluding hydrogens is 704 g/mol.